The Labute approximate surface area is 117 Å². The molecule has 7 nitrogen and oxygen atoms in total. The zero-order chi connectivity index (χ0) is 14.7. The number of ether oxygens (including phenoxy) is 1. The molecule has 1 aromatic rings. The lowest BCUT2D eigenvalue weighted by Crippen LogP contribution is -2.55. The molecule has 0 aromatic carbocycles. The van der Waals surface area contributed by atoms with Crippen LogP contribution < -0.4 is 16.0 Å². The highest BCUT2D eigenvalue weighted by atomic mass is 16.5. The summed E-state index contributed by atoms with van der Waals surface area (Å²) in [6, 6.07) is 1.29. The third kappa shape index (κ3) is 2.52. The number of carbonyl (C=O) groups excluding carboxylic acids is 2. The number of nitrogens with zero attached hydrogens (tertiary/aromatic N) is 2. The Morgan fingerprint density at radius 3 is 3.05 bits per heavy atom. The number of nitrogen functional groups attached to an aromatic ring is 1. The van der Waals surface area contributed by atoms with Gasteiger partial charge in [0.2, 0.25) is 5.91 Å². The van der Waals surface area contributed by atoms with Gasteiger partial charge in [-0.3, -0.25) is 4.79 Å². The van der Waals surface area contributed by atoms with Crippen LogP contribution in [0.15, 0.2) is 12.3 Å². The number of carbonyl (C=O) groups is 2. The average Bonchev–Trinajstić information content (AvgIpc) is 2.46. The molecule has 3 N–H and O–H groups in total. The van der Waals surface area contributed by atoms with E-state index in [-0.39, 0.29) is 23.2 Å². The molecular weight excluding hydrogens is 260 g/mol. The zero-order valence-electron chi connectivity index (χ0n) is 11.5. The number of pyridine rings is 1. The molecule has 1 aliphatic rings. The van der Waals surface area contributed by atoms with Crippen LogP contribution in [0.4, 0.5) is 11.5 Å². The lowest BCUT2D eigenvalue weighted by molar-refractivity contribution is -0.123. The van der Waals surface area contributed by atoms with Crippen LogP contribution in [-0.4, -0.2) is 43.1 Å². The Kier molecular flexibility index (Phi) is 4.07. The smallest absolute Gasteiger partial charge is 0.340 e. The molecule has 0 radical (unpaired) electrons. The molecule has 1 fully saturated rings. The van der Waals surface area contributed by atoms with Gasteiger partial charge in [0.05, 0.1) is 24.6 Å². The fourth-order valence-electron chi connectivity index (χ4n) is 2.29. The van der Waals surface area contributed by atoms with E-state index in [2.05, 4.69) is 15.0 Å². The maximum Gasteiger partial charge on any atom is 0.340 e. The molecule has 20 heavy (non-hydrogen) atoms. The minimum absolute atomic E-state index is 0.0306. The molecule has 1 saturated heterocycles. The van der Waals surface area contributed by atoms with Gasteiger partial charge in [0.1, 0.15) is 11.9 Å². The van der Waals surface area contributed by atoms with E-state index in [4.69, 9.17) is 5.73 Å². The molecule has 0 saturated carbocycles. The molecule has 2 rings (SSSR count). The Balaban J connectivity index is 2.36. The van der Waals surface area contributed by atoms with Gasteiger partial charge in [-0.1, -0.05) is 6.92 Å². The molecule has 2 heterocycles. The number of piperazine rings is 1. The van der Waals surface area contributed by atoms with Gasteiger partial charge in [-0.2, -0.15) is 0 Å². The maximum absolute atomic E-state index is 11.9. The monoisotopic (exact) mass is 278 g/mol. The van der Waals surface area contributed by atoms with E-state index in [0.717, 1.165) is 0 Å². The molecule has 0 aliphatic carbocycles. The summed E-state index contributed by atoms with van der Waals surface area (Å²) < 4.78 is 4.69. The first-order chi connectivity index (χ1) is 9.58. The molecule has 0 spiro atoms. The van der Waals surface area contributed by atoms with Crippen LogP contribution in [0.25, 0.3) is 0 Å². The minimum atomic E-state index is -0.513. The summed E-state index contributed by atoms with van der Waals surface area (Å²) in [4.78, 5) is 29.6. The standard InChI is InChI=1S/C13H18N4O3/c1-3-10-12(18)15-4-5-17(10)11-6-8(13(19)20-2)9(14)7-16-11/h6-7,10H,3-5,14H2,1-2H3,(H,15,18). The number of rotatable bonds is 3. The van der Waals surface area contributed by atoms with Crippen molar-refractivity contribution in [2.75, 3.05) is 30.8 Å². The van der Waals surface area contributed by atoms with Crippen molar-refractivity contribution in [3.05, 3.63) is 17.8 Å². The second-order valence-corrected chi connectivity index (χ2v) is 4.53. The topological polar surface area (TPSA) is 97.5 Å². The van der Waals surface area contributed by atoms with E-state index in [1.165, 1.54) is 13.3 Å². The van der Waals surface area contributed by atoms with Gasteiger partial charge in [0.25, 0.3) is 0 Å². The van der Waals surface area contributed by atoms with Crippen LogP contribution >= 0.6 is 0 Å². The molecule has 7 heteroatoms. The first kappa shape index (κ1) is 14.1. The number of methoxy groups -OCH3 is 1. The van der Waals surface area contributed by atoms with Crippen molar-refractivity contribution < 1.29 is 14.3 Å². The van der Waals surface area contributed by atoms with E-state index in [1.807, 2.05) is 11.8 Å². The van der Waals surface area contributed by atoms with Gasteiger partial charge in [-0.25, -0.2) is 9.78 Å². The third-order valence-corrected chi connectivity index (χ3v) is 3.34. The summed E-state index contributed by atoms with van der Waals surface area (Å²) in [6.45, 7) is 3.12. The first-order valence-corrected chi connectivity index (χ1v) is 6.46. The van der Waals surface area contributed by atoms with Gasteiger partial charge in [-0.05, 0) is 12.5 Å². The first-order valence-electron chi connectivity index (χ1n) is 6.46. The van der Waals surface area contributed by atoms with E-state index in [9.17, 15) is 9.59 Å². The Morgan fingerprint density at radius 2 is 2.40 bits per heavy atom. The number of anilines is 2. The third-order valence-electron chi connectivity index (χ3n) is 3.34. The predicted octanol–water partition coefficient (Wildman–Crippen LogP) is 0.165. The second kappa shape index (κ2) is 5.77. The Bertz CT molecular complexity index is 532. The summed E-state index contributed by atoms with van der Waals surface area (Å²) in [5.41, 5.74) is 6.25. The van der Waals surface area contributed by atoms with Crippen molar-refractivity contribution in [1.82, 2.24) is 10.3 Å². The van der Waals surface area contributed by atoms with Crippen molar-refractivity contribution in [2.45, 2.75) is 19.4 Å². The molecule has 1 atom stereocenters. The van der Waals surface area contributed by atoms with Crippen molar-refractivity contribution in [3.8, 4) is 0 Å². The van der Waals surface area contributed by atoms with Gasteiger partial charge in [0, 0.05) is 13.1 Å². The minimum Gasteiger partial charge on any atom is -0.465 e. The molecule has 1 aliphatic heterocycles. The van der Waals surface area contributed by atoms with E-state index in [0.29, 0.717) is 25.3 Å². The van der Waals surface area contributed by atoms with Crippen molar-refractivity contribution in [3.63, 3.8) is 0 Å². The highest BCUT2D eigenvalue weighted by Crippen LogP contribution is 2.22. The molecule has 1 amide bonds. The van der Waals surface area contributed by atoms with E-state index >= 15 is 0 Å². The summed E-state index contributed by atoms with van der Waals surface area (Å²) in [6.07, 6.45) is 2.08. The highest BCUT2D eigenvalue weighted by Gasteiger charge is 2.29. The summed E-state index contributed by atoms with van der Waals surface area (Å²) in [5.74, 6) is 0.0129. The van der Waals surface area contributed by atoms with Crippen LogP contribution in [0.1, 0.15) is 23.7 Å². The normalized spacial score (nSPS) is 18.6. The predicted molar refractivity (Wildman–Crippen MR) is 74.4 cm³/mol. The van der Waals surface area contributed by atoms with Gasteiger partial charge in [0.15, 0.2) is 0 Å². The lowest BCUT2D eigenvalue weighted by atomic mass is 10.1. The number of nitrogens with one attached hydrogen (secondary N) is 1. The van der Waals surface area contributed by atoms with Gasteiger partial charge >= 0.3 is 5.97 Å². The quantitative estimate of drug-likeness (QED) is 0.765. The van der Waals surface area contributed by atoms with Crippen LogP contribution in [0.5, 0.6) is 0 Å². The fourth-order valence-corrected chi connectivity index (χ4v) is 2.29. The molecular formula is C13H18N4O3. The molecule has 0 bridgehead atoms. The van der Waals surface area contributed by atoms with Crippen LogP contribution in [0, 0.1) is 0 Å². The van der Waals surface area contributed by atoms with Gasteiger partial charge < -0.3 is 20.7 Å². The van der Waals surface area contributed by atoms with Crippen molar-refractivity contribution >= 4 is 23.4 Å². The van der Waals surface area contributed by atoms with Crippen LogP contribution in [-0.2, 0) is 9.53 Å². The molecule has 1 unspecified atom stereocenters. The lowest BCUT2D eigenvalue weighted by Gasteiger charge is -2.35. The fraction of sp³-hybridized carbons (Fsp3) is 0.462. The van der Waals surface area contributed by atoms with Crippen LogP contribution in [0.2, 0.25) is 0 Å². The van der Waals surface area contributed by atoms with Gasteiger partial charge in [-0.15, -0.1) is 0 Å². The SMILES string of the molecule is CCC1C(=O)NCCN1c1cc(C(=O)OC)c(N)cn1. The summed E-state index contributed by atoms with van der Waals surface area (Å²) in [5, 5.41) is 2.82. The molecule has 1 aromatic heterocycles. The number of hydrogen-bond acceptors (Lipinski definition) is 6. The maximum atomic E-state index is 11.9. The summed E-state index contributed by atoms with van der Waals surface area (Å²) >= 11 is 0. The Morgan fingerprint density at radius 1 is 1.65 bits per heavy atom. The number of nitrogens with two attached hydrogens (primary N) is 1. The number of amides is 1. The van der Waals surface area contributed by atoms with Crippen molar-refractivity contribution in [2.24, 2.45) is 0 Å². The van der Waals surface area contributed by atoms with E-state index < -0.39 is 5.97 Å². The number of hydrogen-bond donors (Lipinski definition) is 2. The zero-order valence-corrected chi connectivity index (χ0v) is 11.5. The second-order valence-electron chi connectivity index (χ2n) is 4.53. The van der Waals surface area contributed by atoms with Crippen molar-refractivity contribution in [1.29, 1.82) is 0 Å². The number of esters is 1. The summed E-state index contributed by atoms with van der Waals surface area (Å²) in [7, 11) is 1.30. The van der Waals surface area contributed by atoms with E-state index in [1.54, 1.807) is 6.07 Å². The van der Waals surface area contributed by atoms with Crippen LogP contribution in [0.3, 0.4) is 0 Å². The number of aromatic nitrogens is 1. The Hall–Kier alpha value is -2.31. The molecule has 108 valence electrons. The average molecular weight is 278 g/mol. The largest absolute Gasteiger partial charge is 0.465 e. The highest BCUT2D eigenvalue weighted by molar-refractivity contribution is 5.96.